The quantitative estimate of drug-likeness (QED) is 0.167. The number of hydrogen-bond acceptors (Lipinski definition) is 4. The van der Waals surface area contributed by atoms with Gasteiger partial charge in [0.2, 0.25) is 5.95 Å². The average Bonchev–Trinajstić information content (AvgIpc) is 4.18. The van der Waals surface area contributed by atoms with Gasteiger partial charge < -0.3 is 9.13 Å². The normalized spacial score (nSPS) is 12.0. The van der Waals surface area contributed by atoms with E-state index in [4.69, 9.17) is 15.0 Å². The molecule has 6 nitrogen and oxygen atoms in total. The van der Waals surface area contributed by atoms with Gasteiger partial charge in [0.15, 0.2) is 11.6 Å². The molecule has 0 radical (unpaired) electrons. The van der Waals surface area contributed by atoms with Crippen LogP contribution in [-0.4, -0.2) is 28.7 Å². The molecule has 0 fully saturated rings. The molecule has 5 heterocycles. The van der Waals surface area contributed by atoms with E-state index in [1.54, 1.807) is 11.3 Å². The highest BCUT2D eigenvalue weighted by Gasteiger charge is 2.23. The lowest BCUT2D eigenvalue weighted by molar-refractivity contribution is 0.953. The van der Waals surface area contributed by atoms with Crippen molar-refractivity contribution in [2.24, 2.45) is 0 Å². The summed E-state index contributed by atoms with van der Waals surface area (Å²) in [6.07, 6.45) is 0. The highest BCUT2D eigenvalue weighted by Crippen LogP contribution is 2.43. The maximum atomic E-state index is 5.41. The molecule has 0 aliphatic heterocycles. The number of hydrogen-bond donors (Lipinski definition) is 0. The predicted molar refractivity (Wildman–Crippen MR) is 292 cm³/mol. The van der Waals surface area contributed by atoms with Crippen LogP contribution in [0.15, 0.2) is 231 Å². The zero-order chi connectivity index (χ0) is 45.9. The number of nitrogens with zero attached hydrogens (tertiary/aromatic N) is 6. The fourth-order valence-electron chi connectivity index (χ4n) is 11.0. The fourth-order valence-corrected chi connectivity index (χ4v) is 12.1. The summed E-state index contributed by atoms with van der Waals surface area (Å²) in [7, 11) is 0. The SMILES string of the molecule is c1ccc(-c2ccc(-n3c4ccccc4c4ccc5c6ccccc6n(-c6cccc(-c7nc(-c8ccc9c(c8)sc8ccccc89)nc(-n8c9ccccc9c9ccccc98)n7)c6)c5c43)cc2)cc1. The minimum Gasteiger partial charge on any atom is -0.307 e. The summed E-state index contributed by atoms with van der Waals surface area (Å²) < 4.78 is 9.54. The third-order valence-corrected chi connectivity index (χ3v) is 15.2. The van der Waals surface area contributed by atoms with Crippen molar-refractivity contribution in [2.75, 3.05) is 0 Å². The summed E-state index contributed by atoms with van der Waals surface area (Å²) in [6, 6.07) is 82.7. The third-order valence-electron chi connectivity index (χ3n) is 14.1. The minimum absolute atomic E-state index is 0.570. The van der Waals surface area contributed by atoms with Crippen LogP contribution in [-0.2, 0) is 0 Å². The number of fused-ring (bicyclic) bond motifs is 13. The van der Waals surface area contributed by atoms with Gasteiger partial charge in [-0.1, -0.05) is 170 Å². The Morgan fingerprint density at radius 2 is 0.714 bits per heavy atom. The van der Waals surface area contributed by atoms with Gasteiger partial charge in [-0.2, -0.15) is 9.97 Å². The molecular weight excluding hydrogens is 873 g/mol. The molecule has 7 heteroatoms. The van der Waals surface area contributed by atoms with Crippen LogP contribution >= 0.6 is 11.3 Å². The van der Waals surface area contributed by atoms with Crippen LogP contribution in [0.2, 0.25) is 0 Å². The van der Waals surface area contributed by atoms with Crippen LogP contribution in [0.25, 0.3) is 137 Å². The Labute approximate surface area is 405 Å². The monoisotopic (exact) mass is 910 g/mol. The van der Waals surface area contributed by atoms with Crippen molar-refractivity contribution in [3.05, 3.63) is 231 Å². The van der Waals surface area contributed by atoms with Crippen molar-refractivity contribution in [2.45, 2.75) is 0 Å². The summed E-state index contributed by atoms with van der Waals surface area (Å²) in [4.78, 5) is 16.1. The molecule has 0 aliphatic carbocycles. The van der Waals surface area contributed by atoms with Crippen LogP contribution in [0.3, 0.4) is 0 Å². The van der Waals surface area contributed by atoms with Crippen LogP contribution in [0, 0.1) is 0 Å². The molecule has 0 aliphatic rings. The molecule has 15 aromatic rings. The van der Waals surface area contributed by atoms with Crippen molar-refractivity contribution in [3.8, 4) is 51.2 Å². The molecular formula is C63H38N6S. The molecule has 0 bridgehead atoms. The van der Waals surface area contributed by atoms with Gasteiger partial charge in [-0.05, 0) is 71.8 Å². The number of benzene rings is 10. The highest BCUT2D eigenvalue weighted by atomic mass is 32.1. The smallest absolute Gasteiger partial charge is 0.238 e. The molecule has 5 aromatic heterocycles. The minimum atomic E-state index is 0.570. The lowest BCUT2D eigenvalue weighted by Gasteiger charge is -2.14. The van der Waals surface area contributed by atoms with Crippen LogP contribution in [0.4, 0.5) is 0 Å². The van der Waals surface area contributed by atoms with E-state index in [1.807, 2.05) is 0 Å². The standard InChI is InChI=1S/C63H38N6S/c1-2-15-39(16-3-1)40-29-32-43(33-30-40)67-53-24-9-6-21-47(53)51-35-36-52-48-22-7-10-25-54(48)68(60(52)59(51)67)44-18-14-17-41(37-44)61-64-62(42-31-34-50-49-23-8-13-28-57(49)70-58(50)38-42)66-63(65-61)69-55-26-11-4-19-45(55)46-20-5-12-27-56(46)69/h1-38H. The third kappa shape index (κ3) is 5.82. The first kappa shape index (κ1) is 38.9. The van der Waals surface area contributed by atoms with Gasteiger partial charge in [0, 0.05) is 75.0 Å². The number of aromatic nitrogens is 6. The Bertz CT molecular complexity index is 4540. The molecule has 0 unspecified atom stereocenters. The van der Waals surface area contributed by atoms with Gasteiger partial charge in [-0.3, -0.25) is 4.57 Å². The molecule has 0 saturated heterocycles. The summed E-state index contributed by atoms with van der Waals surface area (Å²) >= 11 is 1.80. The van der Waals surface area contributed by atoms with Crippen molar-refractivity contribution >= 4 is 96.9 Å². The molecule has 0 amide bonds. The first-order valence-electron chi connectivity index (χ1n) is 23.6. The Morgan fingerprint density at radius 3 is 1.34 bits per heavy atom. The Kier molecular flexibility index (Phi) is 8.43. The second kappa shape index (κ2) is 15.2. The second-order valence-corrected chi connectivity index (χ2v) is 19.1. The van der Waals surface area contributed by atoms with Crippen LogP contribution in [0.5, 0.6) is 0 Å². The molecule has 0 N–H and O–H groups in total. The van der Waals surface area contributed by atoms with Gasteiger partial charge in [-0.25, -0.2) is 4.98 Å². The van der Waals surface area contributed by atoms with Gasteiger partial charge in [0.1, 0.15) is 0 Å². The zero-order valence-corrected chi connectivity index (χ0v) is 38.3. The van der Waals surface area contributed by atoms with E-state index in [9.17, 15) is 0 Å². The topological polar surface area (TPSA) is 53.5 Å². The van der Waals surface area contributed by atoms with Gasteiger partial charge in [-0.15, -0.1) is 11.3 Å². The summed E-state index contributed by atoms with van der Waals surface area (Å²) in [5, 5.41) is 9.58. The Hall–Kier alpha value is -9.17. The fraction of sp³-hybridized carbons (Fsp3) is 0. The Morgan fingerprint density at radius 1 is 0.271 bits per heavy atom. The van der Waals surface area contributed by atoms with Gasteiger partial charge in [0.25, 0.3) is 0 Å². The van der Waals surface area contributed by atoms with Crippen molar-refractivity contribution in [1.82, 2.24) is 28.7 Å². The first-order chi connectivity index (χ1) is 34.7. The maximum Gasteiger partial charge on any atom is 0.238 e. The van der Waals surface area contributed by atoms with Crippen molar-refractivity contribution < 1.29 is 0 Å². The Balaban J connectivity index is 0.973. The molecule has 0 saturated carbocycles. The molecule has 10 aromatic carbocycles. The van der Waals surface area contributed by atoms with E-state index in [0.717, 1.165) is 66.4 Å². The lowest BCUT2D eigenvalue weighted by Crippen LogP contribution is -2.06. The number of thiophene rings is 1. The molecule has 0 spiro atoms. The number of rotatable bonds is 6. The average molecular weight is 911 g/mol. The molecule has 70 heavy (non-hydrogen) atoms. The summed E-state index contributed by atoms with van der Waals surface area (Å²) in [5.41, 5.74) is 13.0. The second-order valence-electron chi connectivity index (χ2n) is 18.0. The van der Waals surface area contributed by atoms with E-state index in [0.29, 0.717) is 17.6 Å². The highest BCUT2D eigenvalue weighted by molar-refractivity contribution is 7.25. The van der Waals surface area contributed by atoms with Crippen molar-refractivity contribution in [3.63, 3.8) is 0 Å². The van der Waals surface area contributed by atoms with E-state index < -0.39 is 0 Å². The van der Waals surface area contributed by atoms with E-state index in [2.05, 4.69) is 244 Å². The lowest BCUT2D eigenvalue weighted by atomic mass is 10.1. The molecule has 15 rings (SSSR count). The zero-order valence-electron chi connectivity index (χ0n) is 37.5. The van der Waals surface area contributed by atoms with Crippen molar-refractivity contribution in [1.29, 1.82) is 0 Å². The van der Waals surface area contributed by atoms with E-state index >= 15 is 0 Å². The molecule has 326 valence electrons. The summed E-state index contributed by atoms with van der Waals surface area (Å²) in [5.74, 6) is 1.78. The van der Waals surface area contributed by atoms with E-state index in [-0.39, 0.29) is 0 Å². The first-order valence-corrected chi connectivity index (χ1v) is 24.4. The van der Waals surface area contributed by atoms with Gasteiger partial charge >= 0.3 is 0 Å². The van der Waals surface area contributed by atoms with E-state index in [1.165, 1.54) is 52.8 Å². The predicted octanol–water partition coefficient (Wildman–Crippen LogP) is 16.5. The molecule has 0 atom stereocenters. The summed E-state index contributed by atoms with van der Waals surface area (Å²) in [6.45, 7) is 0. The maximum absolute atomic E-state index is 5.41. The van der Waals surface area contributed by atoms with Crippen LogP contribution < -0.4 is 0 Å². The van der Waals surface area contributed by atoms with Crippen LogP contribution in [0.1, 0.15) is 0 Å². The van der Waals surface area contributed by atoms with Gasteiger partial charge in [0.05, 0.1) is 33.1 Å². The largest absolute Gasteiger partial charge is 0.307 e. The number of para-hydroxylation sites is 4.